The maximum absolute atomic E-state index is 12.3. The zero-order valence-electron chi connectivity index (χ0n) is 14.7. The summed E-state index contributed by atoms with van der Waals surface area (Å²) in [5.74, 6) is -1.54. The maximum atomic E-state index is 12.3. The van der Waals surface area contributed by atoms with E-state index in [-0.39, 0.29) is 18.2 Å². The predicted octanol–water partition coefficient (Wildman–Crippen LogP) is 2.05. The number of aliphatic hydroxyl groups excluding tert-OH is 1. The Balaban J connectivity index is 2.85. The second-order valence-corrected chi connectivity index (χ2v) is 6.45. The Morgan fingerprint density at radius 3 is 2.46 bits per heavy atom. The van der Waals surface area contributed by atoms with Crippen molar-refractivity contribution in [2.24, 2.45) is 11.8 Å². The molecule has 0 amide bonds. The van der Waals surface area contributed by atoms with Gasteiger partial charge in [-0.3, -0.25) is 4.89 Å². The largest absolute Gasteiger partial charge is 0.396 e. The number of hydrogen-bond acceptors (Lipinski definition) is 7. The molecule has 0 aliphatic heterocycles. The first-order valence-electron chi connectivity index (χ1n) is 8.51. The van der Waals surface area contributed by atoms with E-state index in [4.69, 9.17) is 4.84 Å². The second-order valence-electron chi connectivity index (χ2n) is 6.45. The predicted molar refractivity (Wildman–Crippen MR) is 87.3 cm³/mol. The number of carbonyl (C=O) groups excluding carboxylic acids is 2. The number of aliphatic hydroxyl groups is 1. The molecule has 0 aromatic rings. The van der Waals surface area contributed by atoms with Gasteiger partial charge in [0.2, 0.25) is 0 Å². The van der Waals surface area contributed by atoms with Crippen LogP contribution in [0, 0.1) is 11.8 Å². The van der Waals surface area contributed by atoms with Gasteiger partial charge < -0.3 is 9.94 Å². The normalized spacial score (nSPS) is 17.6. The quantitative estimate of drug-likeness (QED) is 0.376. The van der Waals surface area contributed by atoms with Gasteiger partial charge in [-0.05, 0) is 26.2 Å². The highest BCUT2D eigenvalue weighted by molar-refractivity contribution is 5.96. The second kappa shape index (κ2) is 11.2. The molecule has 138 valence electrons. The number of rotatable bonds is 9. The van der Waals surface area contributed by atoms with Crippen molar-refractivity contribution in [2.45, 2.75) is 58.4 Å². The third-order valence-corrected chi connectivity index (χ3v) is 4.06. The molecule has 0 saturated heterocycles. The minimum Gasteiger partial charge on any atom is -0.396 e. The molecule has 2 N–H and O–H groups in total. The van der Waals surface area contributed by atoms with Crippen molar-refractivity contribution in [3.05, 3.63) is 11.6 Å². The van der Waals surface area contributed by atoms with Crippen molar-refractivity contribution in [3.8, 4) is 0 Å². The Hall–Kier alpha value is -1.44. The SMILES string of the molecule is COOC(=O)/C=C(/C(=O)ONC(C)C)C(CO)CC1CCCCC1. The first-order valence-corrected chi connectivity index (χ1v) is 8.51. The zero-order chi connectivity index (χ0) is 17.9. The van der Waals surface area contributed by atoms with Crippen LogP contribution in [0.3, 0.4) is 0 Å². The molecular weight excluding hydrogens is 314 g/mol. The zero-order valence-corrected chi connectivity index (χ0v) is 14.7. The Morgan fingerprint density at radius 1 is 1.25 bits per heavy atom. The van der Waals surface area contributed by atoms with Crippen molar-refractivity contribution < 1.29 is 29.3 Å². The fraction of sp³-hybridized carbons (Fsp3) is 0.765. The van der Waals surface area contributed by atoms with Gasteiger partial charge in [-0.15, -0.1) is 0 Å². The highest BCUT2D eigenvalue weighted by Gasteiger charge is 2.27. The molecule has 1 aliphatic rings. The standard InChI is InChI=1S/C17H29NO6/c1-12(2)18-23-17(21)15(10-16(20)24-22-3)14(11-19)9-13-7-5-4-6-8-13/h10,12-14,18-19H,4-9,11H2,1-3H3/b15-10+. The molecule has 1 aliphatic carbocycles. The van der Waals surface area contributed by atoms with Gasteiger partial charge in [0.05, 0.1) is 19.3 Å². The van der Waals surface area contributed by atoms with Crippen LogP contribution in [0.5, 0.6) is 0 Å². The van der Waals surface area contributed by atoms with Crippen LogP contribution in [0.4, 0.5) is 0 Å². The third kappa shape index (κ3) is 7.42. The fourth-order valence-electron chi connectivity index (χ4n) is 2.93. The van der Waals surface area contributed by atoms with E-state index in [0.29, 0.717) is 12.3 Å². The molecule has 7 heteroatoms. The smallest absolute Gasteiger partial charge is 0.366 e. The van der Waals surface area contributed by atoms with Crippen LogP contribution in [-0.4, -0.2) is 36.8 Å². The molecule has 1 saturated carbocycles. The van der Waals surface area contributed by atoms with Gasteiger partial charge in [-0.25, -0.2) is 9.59 Å². The van der Waals surface area contributed by atoms with Gasteiger partial charge in [0, 0.05) is 18.0 Å². The summed E-state index contributed by atoms with van der Waals surface area (Å²) in [5, 5.41) is 9.74. The topological polar surface area (TPSA) is 94.1 Å². The Morgan fingerprint density at radius 2 is 1.92 bits per heavy atom. The van der Waals surface area contributed by atoms with Gasteiger partial charge in [0.1, 0.15) is 0 Å². The minimum atomic E-state index is -0.809. The van der Waals surface area contributed by atoms with Gasteiger partial charge in [-0.2, -0.15) is 10.4 Å². The van der Waals surface area contributed by atoms with Gasteiger partial charge in [0.25, 0.3) is 0 Å². The molecule has 0 bridgehead atoms. The molecule has 1 unspecified atom stereocenters. The lowest BCUT2D eigenvalue weighted by molar-refractivity contribution is -0.249. The highest BCUT2D eigenvalue weighted by atomic mass is 17.2. The molecule has 0 radical (unpaired) electrons. The van der Waals surface area contributed by atoms with Crippen LogP contribution in [0.1, 0.15) is 52.4 Å². The number of hydroxylamine groups is 1. The van der Waals surface area contributed by atoms with E-state index in [1.165, 1.54) is 13.5 Å². The van der Waals surface area contributed by atoms with Crippen LogP contribution < -0.4 is 5.48 Å². The molecule has 1 rings (SSSR count). The van der Waals surface area contributed by atoms with Crippen LogP contribution in [0.2, 0.25) is 0 Å². The summed E-state index contributed by atoms with van der Waals surface area (Å²) in [6.07, 6.45) is 7.37. The first kappa shape index (κ1) is 20.6. The maximum Gasteiger partial charge on any atom is 0.366 e. The number of nitrogens with one attached hydrogen (secondary N) is 1. The van der Waals surface area contributed by atoms with E-state index >= 15 is 0 Å². The van der Waals surface area contributed by atoms with E-state index in [1.807, 2.05) is 13.8 Å². The Bertz CT molecular complexity index is 429. The summed E-state index contributed by atoms with van der Waals surface area (Å²) < 4.78 is 0. The summed E-state index contributed by atoms with van der Waals surface area (Å²) in [6, 6.07) is -0.0629. The number of carbonyl (C=O) groups is 2. The fourth-order valence-corrected chi connectivity index (χ4v) is 2.93. The van der Waals surface area contributed by atoms with Crippen molar-refractivity contribution in [3.63, 3.8) is 0 Å². The summed E-state index contributed by atoms with van der Waals surface area (Å²) in [5.41, 5.74) is 2.65. The molecule has 1 atom stereocenters. The lowest BCUT2D eigenvalue weighted by Gasteiger charge is -2.26. The van der Waals surface area contributed by atoms with E-state index in [9.17, 15) is 14.7 Å². The molecule has 0 spiro atoms. The van der Waals surface area contributed by atoms with Crippen molar-refractivity contribution in [1.29, 1.82) is 0 Å². The van der Waals surface area contributed by atoms with E-state index in [0.717, 1.165) is 31.8 Å². The van der Waals surface area contributed by atoms with E-state index in [2.05, 4.69) is 15.3 Å². The summed E-state index contributed by atoms with van der Waals surface area (Å²) >= 11 is 0. The molecule has 0 aromatic carbocycles. The molecule has 7 nitrogen and oxygen atoms in total. The van der Waals surface area contributed by atoms with Crippen LogP contribution in [0.15, 0.2) is 11.6 Å². The average molecular weight is 343 g/mol. The van der Waals surface area contributed by atoms with Crippen molar-refractivity contribution in [2.75, 3.05) is 13.7 Å². The van der Waals surface area contributed by atoms with Crippen LogP contribution >= 0.6 is 0 Å². The molecule has 0 heterocycles. The summed E-state index contributed by atoms with van der Waals surface area (Å²) in [6.45, 7) is 3.40. The molecule has 24 heavy (non-hydrogen) atoms. The lowest BCUT2D eigenvalue weighted by atomic mass is 9.80. The molecule has 0 aromatic heterocycles. The van der Waals surface area contributed by atoms with Gasteiger partial charge >= 0.3 is 11.9 Å². The van der Waals surface area contributed by atoms with Crippen LogP contribution in [0.25, 0.3) is 0 Å². The summed E-state index contributed by atoms with van der Waals surface area (Å²) in [7, 11) is 1.20. The van der Waals surface area contributed by atoms with Gasteiger partial charge in [-0.1, -0.05) is 32.1 Å². The van der Waals surface area contributed by atoms with E-state index in [1.54, 1.807) is 0 Å². The Kier molecular flexibility index (Phi) is 9.59. The summed E-state index contributed by atoms with van der Waals surface area (Å²) in [4.78, 5) is 37.7. The lowest BCUT2D eigenvalue weighted by Crippen LogP contribution is -2.31. The van der Waals surface area contributed by atoms with Crippen molar-refractivity contribution >= 4 is 11.9 Å². The number of hydrogen-bond donors (Lipinski definition) is 2. The first-order chi connectivity index (χ1) is 11.5. The minimum absolute atomic E-state index is 0.0629. The average Bonchev–Trinajstić information content (AvgIpc) is 2.57. The van der Waals surface area contributed by atoms with Crippen LogP contribution in [-0.2, 0) is 24.2 Å². The van der Waals surface area contributed by atoms with Gasteiger partial charge in [0.15, 0.2) is 0 Å². The third-order valence-electron chi connectivity index (χ3n) is 4.06. The van der Waals surface area contributed by atoms with Crippen molar-refractivity contribution in [1.82, 2.24) is 5.48 Å². The molecule has 1 fully saturated rings. The Labute approximate surface area is 143 Å². The molecular formula is C17H29NO6. The van der Waals surface area contributed by atoms with E-state index < -0.39 is 17.9 Å². The monoisotopic (exact) mass is 343 g/mol. The highest BCUT2D eigenvalue weighted by Crippen LogP contribution is 2.31.